The zero-order valence-electron chi connectivity index (χ0n) is 16.3. The van der Waals surface area contributed by atoms with Crippen LogP contribution in [0.4, 0.5) is 0 Å². The van der Waals surface area contributed by atoms with E-state index in [2.05, 4.69) is 0 Å². The Kier molecular flexibility index (Phi) is 5.79. The van der Waals surface area contributed by atoms with Gasteiger partial charge in [-0.05, 0) is 38.8 Å². The van der Waals surface area contributed by atoms with E-state index in [1.165, 1.54) is 18.1 Å². The van der Waals surface area contributed by atoms with E-state index in [-0.39, 0.29) is 29.9 Å². The summed E-state index contributed by atoms with van der Waals surface area (Å²) in [7, 11) is -3.10. The maximum absolute atomic E-state index is 12.7. The molecule has 28 heavy (non-hydrogen) atoms. The molecule has 2 aromatic rings. The van der Waals surface area contributed by atoms with Crippen LogP contribution in [0.3, 0.4) is 0 Å². The Hall–Kier alpha value is -2.35. The third-order valence-electron chi connectivity index (χ3n) is 5.07. The van der Waals surface area contributed by atoms with Gasteiger partial charge < -0.3 is 14.1 Å². The van der Waals surface area contributed by atoms with E-state index in [9.17, 15) is 18.0 Å². The standard InChI is InChI=1S/C20H25NO6S/c1-4-21(16-7-8-28(24,25)12-16)20(23)14(3)27-19(22)10-15-11-26-18-9-13(2)5-6-17(15)18/h5-6,9,11,14,16H,4,7-8,10,12H2,1-3H3/t14-,16+/m1/s1. The SMILES string of the molecule is CCN(C(=O)[C@@H](C)OC(=O)Cc1coc2cc(C)ccc12)[C@H]1CCS(=O)(=O)C1. The highest BCUT2D eigenvalue weighted by Gasteiger charge is 2.36. The zero-order valence-corrected chi connectivity index (χ0v) is 17.1. The number of likely N-dealkylation sites (N-methyl/N-ethyl adjacent to an activating group) is 1. The van der Waals surface area contributed by atoms with Crippen LogP contribution in [0, 0.1) is 6.92 Å². The minimum absolute atomic E-state index is 0.00237. The number of amides is 1. The second-order valence-corrected chi connectivity index (χ2v) is 9.48. The van der Waals surface area contributed by atoms with E-state index < -0.39 is 21.9 Å². The molecule has 1 aromatic heterocycles. The van der Waals surface area contributed by atoms with Crippen molar-refractivity contribution in [1.82, 2.24) is 4.90 Å². The minimum Gasteiger partial charge on any atom is -0.464 e. The van der Waals surface area contributed by atoms with Gasteiger partial charge in [-0.15, -0.1) is 0 Å². The van der Waals surface area contributed by atoms with E-state index in [1.807, 2.05) is 25.1 Å². The number of hydrogen-bond acceptors (Lipinski definition) is 6. The first-order valence-corrected chi connectivity index (χ1v) is 11.2. The van der Waals surface area contributed by atoms with Gasteiger partial charge in [0, 0.05) is 23.5 Å². The maximum atomic E-state index is 12.7. The van der Waals surface area contributed by atoms with Gasteiger partial charge in [-0.25, -0.2) is 8.42 Å². The number of esters is 1. The summed E-state index contributed by atoms with van der Waals surface area (Å²) in [4.78, 5) is 26.5. The van der Waals surface area contributed by atoms with Gasteiger partial charge in [-0.2, -0.15) is 0 Å². The molecule has 7 nitrogen and oxygen atoms in total. The Bertz CT molecular complexity index is 993. The third kappa shape index (κ3) is 4.38. The summed E-state index contributed by atoms with van der Waals surface area (Å²) in [5.41, 5.74) is 2.46. The molecule has 0 N–H and O–H groups in total. The molecule has 152 valence electrons. The van der Waals surface area contributed by atoms with E-state index in [1.54, 1.807) is 6.92 Å². The number of fused-ring (bicyclic) bond motifs is 1. The first kappa shape index (κ1) is 20.4. The first-order valence-electron chi connectivity index (χ1n) is 9.37. The molecule has 2 heterocycles. The molecule has 0 bridgehead atoms. The quantitative estimate of drug-likeness (QED) is 0.682. The molecule has 1 aliphatic heterocycles. The van der Waals surface area contributed by atoms with Crippen LogP contribution < -0.4 is 0 Å². The van der Waals surface area contributed by atoms with E-state index in [0.717, 1.165) is 10.9 Å². The van der Waals surface area contributed by atoms with Crippen LogP contribution in [0.2, 0.25) is 0 Å². The van der Waals surface area contributed by atoms with Crippen LogP contribution in [0.25, 0.3) is 11.0 Å². The van der Waals surface area contributed by atoms with Gasteiger partial charge in [-0.3, -0.25) is 9.59 Å². The number of carbonyl (C=O) groups is 2. The summed E-state index contributed by atoms with van der Waals surface area (Å²) in [6.07, 6.45) is 0.969. The second-order valence-electron chi connectivity index (χ2n) is 7.25. The second kappa shape index (κ2) is 7.95. The molecule has 1 fully saturated rings. The van der Waals surface area contributed by atoms with Gasteiger partial charge in [-0.1, -0.05) is 12.1 Å². The van der Waals surface area contributed by atoms with Crippen molar-refractivity contribution in [3.63, 3.8) is 0 Å². The Labute approximate surface area is 164 Å². The molecule has 0 aliphatic carbocycles. The molecule has 0 saturated carbocycles. The lowest BCUT2D eigenvalue weighted by Gasteiger charge is -2.29. The van der Waals surface area contributed by atoms with E-state index in [4.69, 9.17) is 9.15 Å². The lowest BCUT2D eigenvalue weighted by molar-refractivity contribution is -0.159. The average Bonchev–Trinajstić information content (AvgIpc) is 3.18. The number of furan rings is 1. The highest BCUT2D eigenvalue weighted by Crippen LogP contribution is 2.23. The molecule has 0 spiro atoms. The molecule has 0 unspecified atom stereocenters. The predicted molar refractivity (Wildman–Crippen MR) is 105 cm³/mol. The van der Waals surface area contributed by atoms with Crippen LogP contribution in [0.15, 0.2) is 28.9 Å². The third-order valence-corrected chi connectivity index (χ3v) is 6.83. The van der Waals surface area contributed by atoms with Crippen LogP contribution in [-0.2, 0) is 30.6 Å². The Morgan fingerprint density at radius 1 is 1.36 bits per heavy atom. The van der Waals surface area contributed by atoms with Crippen LogP contribution in [0.5, 0.6) is 0 Å². The highest BCUT2D eigenvalue weighted by molar-refractivity contribution is 7.91. The molecule has 2 atom stereocenters. The Morgan fingerprint density at radius 3 is 2.75 bits per heavy atom. The molecule has 1 saturated heterocycles. The maximum Gasteiger partial charge on any atom is 0.311 e. The van der Waals surface area contributed by atoms with Gasteiger partial charge in [0.2, 0.25) is 0 Å². The summed E-state index contributed by atoms with van der Waals surface area (Å²) in [5, 5.41) is 0.841. The van der Waals surface area contributed by atoms with Crippen molar-refractivity contribution >= 4 is 32.7 Å². The molecule has 1 amide bonds. The van der Waals surface area contributed by atoms with Gasteiger partial charge in [0.1, 0.15) is 5.58 Å². The van der Waals surface area contributed by atoms with Crippen LogP contribution in [-0.4, -0.2) is 55.4 Å². The normalized spacial score (nSPS) is 19.5. The van der Waals surface area contributed by atoms with E-state index in [0.29, 0.717) is 24.1 Å². The number of ether oxygens (including phenoxy) is 1. The monoisotopic (exact) mass is 407 g/mol. The number of nitrogens with zero attached hydrogens (tertiary/aromatic N) is 1. The van der Waals surface area contributed by atoms with Crippen molar-refractivity contribution in [1.29, 1.82) is 0 Å². The van der Waals surface area contributed by atoms with Crippen molar-refractivity contribution in [3.8, 4) is 0 Å². The van der Waals surface area contributed by atoms with Gasteiger partial charge in [0.05, 0.1) is 24.2 Å². The summed E-state index contributed by atoms with van der Waals surface area (Å²) in [6, 6.07) is 5.37. The number of rotatable bonds is 6. The molecule has 1 aliphatic rings. The fourth-order valence-electron chi connectivity index (χ4n) is 3.62. The fraction of sp³-hybridized carbons (Fsp3) is 0.500. The lowest BCUT2D eigenvalue weighted by atomic mass is 10.1. The van der Waals surface area contributed by atoms with Crippen molar-refractivity contribution in [3.05, 3.63) is 35.6 Å². The molecule has 1 aromatic carbocycles. The first-order chi connectivity index (χ1) is 13.2. The number of hydrogen-bond donors (Lipinski definition) is 0. The van der Waals surface area contributed by atoms with Crippen molar-refractivity contribution in [2.75, 3.05) is 18.1 Å². The average molecular weight is 407 g/mol. The van der Waals surface area contributed by atoms with Gasteiger partial charge in [0.25, 0.3) is 5.91 Å². The summed E-state index contributed by atoms with van der Waals surface area (Å²) in [5.74, 6) is -0.846. The summed E-state index contributed by atoms with van der Waals surface area (Å²) in [6.45, 7) is 5.63. The fourth-order valence-corrected chi connectivity index (χ4v) is 5.35. The molecular formula is C20H25NO6S. The van der Waals surface area contributed by atoms with Crippen molar-refractivity contribution in [2.24, 2.45) is 0 Å². The van der Waals surface area contributed by atoms with E-state index >= 15 is 0 Å². The minimum atomic E-state index is -3.10. The molecule has 3 rings (SSSR count). The van der Waals surface area contributed by atoms with Crippen molar-refractivity contribution < 1.29 is 27.2 Å². The summed E-state index contributed by atoms with van der Waals surface area (Å²) < 4.78 is 34.2. The molecular weight excluding hydrogens is 382 g/mol. The number of benzene rings is 1. The number of carbonyl (C=O) groups excluding carboxylic acids is 2. The largest absolute Gasteiger partial charge is 0.464 e. The highest BCUT2D eigenvalue weighted by atomic mass is 32.2. The zero-order chi connectivity index (χ0) is 20.5. The molecule has 8 heteroatoms. The molecule has 0 radical (unpaired) electrons. The van der Waals surface area contributed by atoms with Crippen molar-refractivity contribution in [2.45, 2.75) is 45.8 Å². The predicted octanol–water partition coefficient (Wildman–Crippen LogP) is 2.25. The smallest absolute Gasteiger partial charge is 0.311 e. The van der Waals surface area contributed by atoms with Crippen LogP contribution >= 0.6 is 0 Å². The number of aryl methyl sites for hydroxylation is 1. The van der Waals surface area contributed by atoms with Gasteiger partial charge in [0.15, 0.2) is 15.9 Å². The Morgan fingerprint density at radius 2 is 2.11 bits per heavy atom. The Balaban J connectivity index is 1.63. The number of sulfone groups is 1. The summed E-state index contributed by atoms with van der Waals surface area (Å²) >= 11 is 0. The lowest BCUT2D eigenvalue weighted by Crippen LogP contribution is -2.46. The van der Waals surface area contributed by atoms with Gasteiger partial charge >= 0.3 is 5.97 Å². The topological polar surface area (TPSA) is 93.9 Å². The van der Waals surface area contributed by atoms with Crippen LogP contribution in [0.1, 0.15) is 31.4 Å².